The van der Waals surface area contributed by atoms with E-state index in [0.29, 0.717) is 22.5 Å². The molecule has 0 fully saturated rings. The van der Waals surface area contributed by atoms with Gasteiger partial charge in [-0.15, -0.1) is 0 Å². The molecular formula is C18H19FN2O4. The van der Waals surface area contributed by atoms with E-state index >= 15 is 0 Å². The van der Waals surface area contributed by atoms with Gasteiger partial charge in [0.2, 0.25) is 0 Å². The number of halogens is 1. The highest BCUT2D eigenvalue weighted by Crippen LogP contribution is 2.26. The predicted molar refractivity (Wildman–Crippen MR) is 89.4 cm³/mol. The van der Waals surface area contributed by atoms with Gasteiger partial charge in [0.1, 0.15) is 28.5 Å². The van der Waals surface area contributed by atoms with Crippen molar-refractivity contribution in [1.29, 1.82) is 0 Å². The Hall–Kier alpha value is -2.80. The first-order chi connectivity index (χ1) is 11.9. The van der Waals surface area contributed by atoms with Crippen LogP contribution >= 0.6 is 0 Å². The lowest BCUT2D eigenvalue weighted by Crippen LogP contribution is -2.43. The van der Waals surface area contributed by atoms with E-state index in [9.17, 15) is 14.3 Å². The Morgan fingerprint density at radius 1 is 1.32 bits per heavy atom. The average molecular weight is 346 g/mol. The van der Waals surface area contributed by atoms with E-state index in [4.69, 9.17) is 8.83 Å². The first-order valence-electron chi connectivity index (χ1n) is 7.82. The molecule has 0 aliphatic heterocycles. The van der Waals surface area contributed by atoms with Crippen LogP contribution < -0.4 is 10.6 Å². The number of carbonyl (C=O) groups excluding carboxylic acids is 1. The minimum Gasteiger partial charge on any atom is -0.466 e. The standard InChI is InChI=1S/C18H19FN2O4/c1-11-13-8-12(19)5-6-14(13)25-15(11)9-20-17(22)21-10-18(2,23)16-4-3-7-24-16/h3-8,23H,9-10H2,1-2H3,(H2,20,21,22). The second-order valence-corrected chi connectivity index (χ2v) is 6.08. The van der Waals surface area contributed by atoms with Crippen molar-refractivity contribution in [2.45, 2.75) is 26.0 Å². The zero-order valence-electron chi connectivity index (χ0n) is 13.9. The van der Waals surface area contributed by atoms with Crippen LogP contribution in [-0.2, 0) is 12.1 Å². The SMILES string of the molecule is Cc1c(CNC(=O)NCC(C)(O)c2ccco2)oc2ccc(F)cc12. The Labute approximate surface area is 143 Å². The Morgan fingerprint density at radius 3 is 2.84 bits per heavy atom. The second kappa shape index (κ2) is 6.60. The number of amides is 2. The van der Waals surface area contributed by atoms with Crippen molar-refractivity contribution in [3.8, 4) is 0 Å². The third-order valence-electron chi connectivity index (χ3n) is 4.05. The zero-order valence-corrected chi connectivity index (χ0v) is 13.9. The van der Waals surface area contributed by atoms with Gasteiger partial charge >= 0.3 is 6.03 Å². The summed E-state index contributed by atoms with van der Waals surface area (Å²) in [6.07, 6.45) is 1.46. The van der Waals surface area contributed by atoms with Crippen LogP contribution in [0.4, 0.5) is 9.18 Å². The van der Waals surface area contributed by atoms with E-state index in [0.717, 1.165) is 5.56 Å². The van der Waals surface area contributed by atoms with Crippen LogP contribution in [0.5, 0.6) is 0 Å². The number of urea groups is 1. The fourth-order valence-corrected chi connectivity index (χ4v) is 2.56. The normalized spacial score (nSPS) is 13.6. The van der Waals surface area contributed by atoms with Gasteiger partial charge in [0, 0.05) is 10.9 Å². The van der Waals surface area contributed by atoms with E-state index in [-0.39, 0.29) is 18.9 Å². The number of hydrogen-bond acceptors (Lipinski definition) is 4. The van der Waals surface area contributed by atoms with Crippen LogP contribution in [0.1, 0.15) is 24.0 Å². The van der Waals surface area contributed by atoms with E-state index in [1.54, 1.807) is 25.1 Å². The number of benzene rings is 1. The van der Waals surface area contributed by atoms with Crippen molar-refractivity contribution >= 4 is 17.0 Å². The molecule has 0 aliphatic rings. The number of aryl methyl sites for hydroxylation is 1. The molecule has 0 radical (unpaired) electrons. The maximum Gasteiger partial charge on any atom is 0.315 e. The number of carbonyl (C=O) groups is 1. The van der Waals surface area contributed by atoms with Gasteiger partial charge in [0.05, 0.1) is 19.4 Å². The molecule has 1 atom stereocenters. The molecule has 0 spiro atoms. The van der Waals surface area contributed by atoms with E-state index in [1.165, 1.54) is 18.4 Å². The lowest BCUT2D eigenvalue weighted by Gasteiger charge is -2.21. The monoisotopic (exact) mass is 346 g/mol. The van der Waals surface area contributed by atoms with Gasteiger partial charge in [-0.2, -0.15) is 0 Å². The van der Waals surface area contributed by atoms with Crippen molar-refractivity contribution in [3.05, 3.63) is 59.5 Å². The van der Waals surface area contributed by atoms with Crippen LogP contribution in [0.15, 0.2) is 45.4 Å². The number of fused-ring (bicyclic) bond motifs is 1. The van der Waals surface area contributed by atoms with Gasteiger partial charge in [-0.05, 0) is 44.2 Å². The van der Waals surface area contributed by atoms with Crippen LogP contribution in [0, 0.1) is 12.7 Å². The molecule has 132 valence electrons. The number of furan rings is 2. The second-order valence-electron chi connectivity index (χ2n) is 6.08. The highest BCUT2D eigenvalue weighted by atomic mass is 19.1. The summed E-state index contributed by atoms with van der Waals surface area (Å²) in [7, 11) is 0. The molecule has 0 bridgehead atoms. The Kier molecular flexibility index (Phi) is 4.50. The van der Waals surface area contributed by atoms with Crippen molar-refractivity contribution in [2.75, 3.05) is 6.54 Å². The van der Waals surface area contributed by atoms with E-state index in [1.807, 2.05) is 6.92 Å². The summed E-state index contributed by atoms with van der Waals surface area (Å²) in [6.45, 7) is 3.49. The van der Waals surface area contributed by atoms with Gasteiger partial charge in [-0.3, -0.25) is 0 Å². The molecule has 3 rings (SSSR count). The lowest BCUT2D eigenvalue weighted by atomic mass is 10.0. The molecule has 0 saturated heterocycles. The van der Waals surface area contributed by atoms with E-state index < -0.39 is 11.6 Å². The topological polar surface area (TPSA) is 87.6 Å². The Bertz CT molecular complexity index is 884. The molecule has 2 heterocycles. The molecule has 0 aliphatic carbocycles. The van der Waals surface area contributed by atoms with Crippen molar-refractivity contribution in [1.82, 2.24) is 10.6 Å². The fourth-order valence-electron chi connectivity index (χ4n) is 2.56. The summed E-state index contributed by atoms with van der Waals surface area (Å²) in [5.74, 6) is 0.574. The lowest BCUT2D eigenvalue weighted by molar-refractivity contribution is 0.0367. The largest absolute Gasteiger partial charge is 0.466 e. The number of hydrogen-bond donors (Lipinski definition) is 3. The first-order valence-corrected chi connectivity index (χ1v) is 7.82. The summed E-state index contributed by atoms with van der Waals surface area (Å²) in [6, 6.07) is 7.12. The molecule has 2 amide bonds. The number of rotatable bonds is 5. The summed E-state index contributed by atoms with van der Waals surface area (Å²) in [5, 5.41) is 16.2. The quantitative estimate of drug-likeness (QED) is 0.662. The number of aliphatic hydroxyl groups is 1. The minimum absolute atomic E-state index is 0.0172. The van der Waals surface area contributed by atoms with Gasteiger partial charge in [0.15, 0.2) is 0 Å². The number of nitrogens with one attached hydrogen (secondary N) is 2. The van der Waals surface area contributed by atoms with Gasteiger partial charge < -0.3 is 24.6 Å². The summed E-state index contributed by atoms with van der Waals surface area (Å²) in [4.78, 5) is 11.9. The van der Waals surface area contributed by atoms with Crippen molar-refractivity contribution < 1.29 is 23.1 Å². The van der Waals surface area contributed by atoms with Crippen LogP contribution in [0.25, 0.3) is 11.0 Å². The Morgan fingerprint density at radius 2 is 2.12 bits per heavy atom. The highest BCUT2D eigenvalue weighted by molar-refractivity contribution is 5.82. The Balaban J connectivity index is 1.58. The van der Waals surface area contributed by atoms with E-state index in [2.05, 4.69) is 10.6 Å². The molecule has 0 saturated carbocycles. The third kappa shape index (κ3) is 3.66. The van der Waals surface area contributed by atoms with Crippen molar-refractivity contribution in [2.24, 2.45) is 0 Å². The molecule has 3 aromatic rings. The maximum absolute atomic E-state index is 13.3. The minimum atomic E-state index is -1.31. The molecule has 3 N–H and O–H groups in total. The van der Waals surface area contributed by atoms with Crippen LogP contribution in [-0.4, -0.2) is 17.7 Å². The van der Waals surface area contributed by atoms with Crippen LogP contribution in [0.3, 0.4) is 0 Å². The summed E-state index contributed by atoms with van der Waals surface area (Å²) in [5.41, 5.74) is 0.0300. The van der Waals surface area contributed by atoms with Gasteiger partial charge in [-0.1, -0.05) is 0 Å². The first kappa shape index (κ1) is 17.0. The summed E-state index contributed by atoms with van der Waals surface area (Å²) >= 11 is 0. The molecule has 7 heteroatoms. The van der Waals surface area contributed by atoms with Gasteiger partial charge in [-0.25, -0.2) is 9.18 Å². The smallest absolute Gasteiger partial charge is 0.315 e. The molecule has 1 unspecified atom stereocenters. The average Bonchev–Trinajstić information content (AvgIpc) is 3.21. The third-order valence-corrected chi connectivity index (χ3v) is 4.05. The molecule has 1 aromatic carbocycles. The maximum atomic E-state index is 13.3. The van der Waals surface area contributed by atoms with Crippen LogP contribution in [0.2, 0.25) is 0 Å². The predicted octanol–water partition coefficient (Wildman–Crippen LogP) is 3.18. The fraction of sp³-hybridized carbons (Fsp3) is 0.278. The van der Waals surface area contributed by atoms with Gasteiger partial charge in [0.25, 0.3) is 0 Å². The van der Waals surface area contributed by atoms with Crippen molar-refractivity contribution in [3.63, 3.8) is 0 Å². The summed E-state index contributed by atoms with van der Waals surface area (Å²) < 4.78 is 24.1. The molecule has 25 heavy (non-hydrogen) atoms. The molecular weight excluding hydrogens is 327 g/mol. The molecule has 2 aromatic heterocycles. The molecule has 6 nitrogen and oxygen atoms in total. The highest BCUT2D eigenvalue weighted by Gasteiger charge is 2.26. The zero-order chi connectivity index (χ0) is 18.0.